The van der Waals surface area contributed by atoms with Crippen LogP contribution in [0.4, 0.5) is 0 Å². The maximum absolute atomic E-state index is 11.4. The Morgan fingerprint density at radius 2 is 2.10 bits per heavy atom. The molecule has 4 nitrogen and oxygen atoms in total. The van der Waals surface area contributed by atoms with Gasteiger partial charge >= 0.3 is 5.97 Å². The van der Waals surface area contributed by atoms with Gasteiger partial charge in [-0.3, -0.25) is 4.79 Å². The van der Waals surface area contributed by atoms with E-state index in [1.165, 1.54) is 19.3 Å². The molecule has 0 radical (unpaired) electrons. The van der Waals surface area contributed by atoms with E-state index in [0.717, 1.165) is 32.4 Å². The summed E-state index contributed by atoms with van der Waals surface area (Å²) < 4.78 is 0. The molecule has 1 rings (SSSR count). The summed E-state index contributed by atoms with van der Waals surface area (Å²) in [5.41, 5.74) is 5.13. The molecule has 0 saturated heterocycles. The molecule has 0 spiro atoms. The van der Waals surface area contributed by atoms with Crippen molar-refractivity contribution in [2.45, 2.75) is 77.3 Å². The molecule has 0 aromatic heterocycles. The third kappa shape index (κ3) is 4.45. The van der Waals surface area contributed by atoms with E-state index in [-0.39, 0.29) is 5.92 Å². The Morgan fingerprint density at radius 3 is 2.65 bits per heavy atom. The van der Waals surface area contributed by atoms with E-state index in [1.54, 1.807) is 0 Å². The molecule has 1 fully saturated rings. The van der Waals surface area contributed by atoms with Crippen molar-refractivity contribution in [2.24, 2.45) is 11.7 Å². The van der Waals surface area contributed by atoms with Crippen molar-refractivity contribution in [1.29, 1.82) is 0 Å². The number of aliphatic carboxylic acids is 1. The average Bonchev–Trinajstić information content (AvgIpc) is 2.76. The highest BCUT2D eigenvalue weighted by Gasteiger charge is 2.45. The molecule has 4 heteroatoms. The number of rotatable bonds is 9. The van der Waals surface area contributed by atoms with Crippen molar-refractivity contribution >= 4 is 5.97 Å². The zero-order valence-electron chi connectivity index (χ0n) is 13.4. The molecule has 1 aliphatic rings. The SMILES string of the molecule is CCCCCN(CCC1CCCC1(N)C(=O)O)C(C)C. The Balaban J connectivity index is 2.48. The predicted molar refractivity (Wildman–Crippen MR) is 82.7 cm³/mol. The molecular weight excluding hydrogens is 252 g/mol. The van der Waals surface area contributed by atoms with Crippen LogP contribution in [0.1, 0.15) is 65.7 Å². The largest absolute Gasteiger partial charge is 0.480 e. The van der Waals surface area contributed by atoms with Gasteiger partial charge in [0.2, 0.25) is 0 Å². The number of carbonyl (C=O) groups is 1. The molecule has 1 saturated carbocycles. The quantitative estimate of drug-likeness (QED) is 0.639. The molecule has 0 heterocycles. The van der Waals surface area contributed by atoms with Crippen LogP contribution in [0.25, 0.3) is 0 Å². The summed E-state index contributed by atoms with van der Waals surface area (Å²) in [5.74, 6) is -0.686. The summed E-state index contributed by atoms with van der Waals surface area (Å²) in [6.07, 6.45) is 7.18. The Bertz CT molecular complexity index is 307. The van der Waals surface area contributed by atoms with Gasteiger partial charge in [-0.15, -0.1) is 0 Å². The van der Waals surface area contributed by atoms with E-state index >= 15 is 0 Å². The van der Waals surface area contributed by atoms with Gasteiger partial charge in [-0.1, -0.05) is 26.2 Å². The normalized spacial score (nSPS) is 26.6. The van der Waals surface area contributed by atoms with E-state index in [0.29, 0.717) is 12.5 Å². The number of unbranched alkanes of at least 4 members (excludes halogenated alkanes) is 2. The maximum Gasteiger partial charge on any atom is 0.323 e. The second kappa shape index (κ2) is 7.99. The summed E-state index contributed by atoms with van der Waals surface area (Å²) >= 11 is 0. The Kier molecular flexibility index (Phi) is 6.96. The molecule has 0 aromatic carbocycles. The molecule has 0 amide bonds. The predicted octanol–water partition coefficient (Wildman–Crippen LogP) is 2.86. The smallest absolute Gasteiger partial charge is 0.323 e. The van der Waals surface area contributed by atoms with Crippen molar-refractivity contribution in [3.05, 3.63) is 0 Å². The molecule has 0 aliphatic heterocycles. The van der Waals surface area contributed by atoms with Crippen LogP contribution >= 0.6 is 0 Å². The Morgan fingerprint density at radius 1 is 1.40 bits per heavy atom. The highest BCUT2D eigenvalue weighted by atomic mass is 16.4. The monoisotopic (exact) mass is 284 g/mol. The van der Waals surface area contributed by atoms with Crippen molar-refractivity contribution in [3.63, 3.8) is 0 Å². The van der Waals surface area contributed by atoms with Crippen LogP contribution in [0, 0.1) is 5.92 Å². The van der Waals surface area contributed by atoms with Crippen LogP contribution in [0.5, 0.6) is 0 Å². The van der Waals surface area contributed by atoms with Crippen molar-refractivity contribution in [1.82, 2.24) is 4.90 Å². The molecule has 0 bridgehead atoms. The third-order valence-electron chi connectivity index (χ3n) is 4.81. The van der Waals surface area contributed by atoms with E-state index in [9.17, 15) is 9.90 Å². The first-order chi connectivity index (χ1) is 9.41. The highest BCUT2D eigenvalue weighted by molar-refractivity contribution is 5.79. The number of nitrogens with two attached hydrogens (primary N) is 1. The minimum atomic E-state index is -0.980. The summed E-state index contributed by atoms with van der Waals surface area (Å²) in [7, 11) is 0. The zero-order chi connectivity index (χ0) is 15.2. The molecule has 3 N–H and O–H groups in total. The molecule has 2 atom stereocenters. The molecule has 118 valence electrons. The van der Waals surface area contributed by atoms with Gasteiger partial charge in [0.25, 0.3) is 0 Å². The third-order valence-corrected chi connectivity index (χ3v) is 4.81. The van der Waals surface area contributed by atoms with Crippen molar-refractivity contribution < 1.29 is 9.90 Å². The fourth-order valence-corrected chi connectivity index (χ4v) is 3.30. The lowest BCUT2D eigenvalue weighted by molar-refractivity contribution is -0.144. The second-order valence-corrected chi connectivity index (χ2v) is 6.56. The lowest BCUT2D eigenvalue weighted by Crippen LogP contribution is -2.51. The van der Waals surface area contributed by atoms with Crippen molar-refractivity contribution in [3.8, 4) is 0 Å². The summed E-state index contributed by atoms with van der Waals surface area (Å²) in [6, 6.07) is 0.519. The molecule has 2 unspecified atom stereocenters. The fourth-order valence-electron chi connectivity index (χ4n) is 3.30. The topological polar surface area (TPSA) is 66.6 Å². The summed E-state index contributed by atoms with van der Waals surface area (Å²) in [4.78, 5) is 13.9. The van der Waals surface area contributed by atoms with Gasteiger partial charge in [0.15, 0.2) is 0 Å². The van der Waals surface area contributed by atoms with Crippen LogP contribution in [0.15, 0.2) is 0 Å². The number of hydrogen-bond acceptors (Lipinski definition) is 3. The van der Waals surface area contributed by atoms with Gasteiger partial charge in [-0.2, -0.15) is 0 Å². The van der Waals surface area contributed by atoms with E-state index in [2.05, 4.69) is 25.7 Å². The first-order valence-corrected chi connectivity index (χ1v) is 8.18. The summed E-state index contributed by atoms with van der Waals surface area (Å²) in [5, 5.41) is 9.35. The average molecular weight is 284 g/mol. The second-order valence-electron chi connectivity index (χ2n) is 6.56. The van der Waals surface area contributed by atoms with Gasteiger partial charge < -0.3 is 15.7 Å². The molecule has 0 aromatic rings. The van der Waals surface area contributed by atoms with E-state index in [4.69, 9.17) is 5.73 Å². The standard InChI is InChI=1S/C16H32N2O2/c1-4-5-6-11-18(13(2)3)12-9-14-8-7-10-16(14,17)15(19)20/h13-14H,4-12,17H2,1-3H3,(H,19,20). The van der Waals surface area contributed by atoms with Crippen LogP contribution < -0.4 is 5.73 Å². The number of hydrogen-bond donors (Lipinski definition) is 2. The number of carboxylic acid groups (broad SMARTS) is 1. The highest BCUT2D eigenvalue weighted by Crippen LogP contribution is 2.36. The maximum atomic E-state index is 11.4. The van der Waals surface area contributed by atoms with Crippen LogP contribution in [-0.4, -0.2) is 40.6 Å². The van der Waals surface area contributed by atoms with Gasteiger partial charge in [-0.05, 0) is 58.5 Å². The van der Waals surface area contributed by atoms with Crippen LogP contribution in [0.2, 0.25) is 0 Å². The Labute approximate surface area is 123 Å². The fraction of sp³-hybridized carbons (Fsp3) is 0.938. The van der Waals surface area contributed by atoms with Crippen LogP contribution in [0.3, 0.4) is 0 Å². The van der Waals surface area contributed by atoms with Gasteiger partial charge in [0.05, 0.1) is 0 Å². The molecule has 1 aliphatic carbocycles. The van der Waals surface area contributed by atoms with Gasteiger partial charge in [0.1, 0.15) is 5.54 Å². The van der Waals surface area contributed by atoms with Gasteiger partial charge in [0, 0.05) is 6.04 Å². The number of carboxylic acids is 1. The molecule has 20 heavy (non-hydrogen) atoms. The summed E-state index contributed by atoms with van der Waals surface area (Å²) in [6.45, 7) is 8.73. The zero-order valence-corrected chi connectivity index (χ0v) is 13.4. The van der Waals surface area contributed by atoms with Gasteiger partial charge in [-0.25, -0.2) is 0 Å². The molecular formula is C16H32N2O2. The lowest BCUT2D eigenvalue weighted by Gasteiger charge is -2.31. The van der Waals surface area contributed by atoms with E-state index in [1.807, 2.05) is 0 Å². The van der Waals surface area contributed by atoms with E-state index < -0.39 is 11.5 Å². The minimum absolute atomic E-state index is 0.132. The van der Waals surface area contributed by atoms with Crippen LogP contribution in [-0.2, 0) is 4.79 Å². The first kappa shape index (κ1) is 17.4. The lowest BCUT2D eigenvalue weighted by atomic mass is 9.85. The Hall–Kier alpha value is -0.610. The number of nitrogens with zero attached hydrogens (tertiary/aromatic N) is 1. The van der Waals surface area contributed by atoms with Crippen molar-refractivity contribution in [2.75, 3.05) is 13.1 Å². The first-order valence-electron chi connectivity index (χ1n) is 8.18. The minimum Gasteiger partial charge on any atom is -0.480 e.